The molecule has 0 radical (unpaired) electrons. The lowest BCUT2D eigenvalue weighted by Crippen LogP contribution is -2.50. The van der Waals surface area contributed by atoms with Gasteiger partial charge in [-0.1, -0.05) is 0 Å². The first-order valence-corrected chi connectivity index (χ1v) is 10.1. The van der Waals surface area contributed by atoms with Gasteiger partial charge in [0.1, 0.15) is 5.82 Å². The normalized spacial score (nSPS) is 12.4. The topological polar surface area (TPSA) is 89.4 Å². The van der Waals surface area contributed by atoms with Gasteiger partial charge in [-0.3, -0.25) is 14.4 Å². The van der Waals surface area contributed by atoms with Gasteiger partial charge >= 0.3 is 0 Å². The van der Waals surface area contributed by atoms with E-state index < -0.39 is 29.5 Å². The summed E-state index contributed by atoms with van der Waals surface area (Å²) < 4.78 is 32.8. The number of nitrogens with zero attached hydrogens (tertiary/aromatic N) is 1. The number of hydrogen-bond acceptors (Lipinski definition) is 4. The Bertz CT molecular complexity index is 1060. The third-order valence-electron chi connectivity index (χ3n) is 5.12. The third kappa shape index (κ3) is 5.59. The molecule has 1 heterocycles. The highest BCUT2D eigenvalue weighted by atomic mass is 19.1. The third-order valence-corrected chi connectivity index (χ3v) is 5.12. The smallest absolute Gasteiger partial charge is 0.294 e. The maximum atomic E-state index is 13.5. The Morgan fingerprint density at radius 3 is 2.38 bits per heavy atom. The van der Waals surface area contributed by atoms with Crippen LogP contribution in [0, 0.1) is 26.6 Å². The summed E-state index contributed by atoms with van der Waals surface area (Å²) in [5.41, 5.74) is 0.950. The lowest BCUT2D eigenvalue weighted by atomic mass is 10.0. The number of halogens is 2. The SMILES string of the molecule is Cc1cc(NC(=O)c2c(C)c(C(=O)C(=O)NC(C)(C)COC(C)F)n(C)c2C)ccc1F. The van der Waals surface area contributed by atoms with Gasteiger partial charge in [-0.2, -0.15) is 0 Å². The van der Waals surface area contributed by atoms with Crippen molar-refractivity contribution < 1.29 is 27.9 Å². The number of ether oxygens (including phenoxy) is 1. The largest absolute Gasteiger partial charge is 0.346 e. The molecule has 32 heavy (non-hydrogen) atoms. The van der Waals surface area contributed by atoms with E-state index in [9.17, 15) is 23.2 Å². The van der Waals surface area contributed by atoms with Crippen molar-refractivity contribution in [3.8, 4) is 0 Å². The summed E-state index contributed by atoms with van der Waals surface area (Å²) >= 11 is 0. The number of carbonyl (C=O) groups is 3. The Labute approximate surface area is 186 Å². The van der Waals surface area contributed by atoms with Crippen LogP contribution >= 0.6 is 0 Å². The average molecular weight is 449 g/mol. The molecule has 0 aliphatic heterocycles. The van der Waals surface area contributed by atoms with Crippen LogP contribution in [-0.2, 0) is 16.6 Å². The highest BCUT2D eigenvalue weighted by Gasteiger charge is 2.31. The van der Waals surface area contributed by atoms with E-state index in [1.807, 2.05) is 0 Å². The van der Waals surface area contributed by atoms with Crippen LogP contribution in [0.25, 0.3) is 0 Å². The molecule has 1 aromatic carbocycles. The van der Waals surface area contributed by atoms with Crippen LogP contribution in [0.15, 0.2) is 18.2 Å². The van der Waals surface area contributed by atoms with E-state index in [0.717, 1.165) is 0 Å². The molecule has 2 N–H and O–H groups in total. The molecule has 2 rings (SSSR count). The summed E-state index contributed by atoms with van der Waals surface area (Å²) in [4.78, 5) is 38.4. The molecular weight excluding hydrogens is 420 g/mol. The molecule has 0 aliphatic rings. The fraction of sp³-hybridized carbons (Fsp3) is 0.435. The number of Topliss-reactive ketones (excluding diaryl/α,β-unsaturated/α-hetero) is 1. The minimum atomic E-state index is -1.51. The van der Waals surface area contributed by atoms with Crippen molar-refractivity contribution in [2.45, 2.75) is 53.4 Å². The van der Waals surface area contributed by atoms with Crippen LogP contribution in [0.1, 0.15) is 58.4 Å². The number of amides is 2. The summed E-state index contributed by atoms with van der Waals surface area (Å²) in [6, 6.07) is 4.20. The van der Waals surface area contributed by atoms with Crippen LogP contribution in [0.3, 0.4) is 0 Å². The van der Waals surface area contributed by atoms with E-state index in [4.69, 9.17) is 4.74 Å². The van der Waals surface area contributed by atoms with Gasteiger partial charge in [-0.25, -0.2) is 8.78 Å². The molecule has 0 aliphatic carbocycles. The first-order valence-electron chi connectivity index (χ1n) is 10.1. The first kappa shape index (κ1) is 25.2. The standard InChI is InChI=1S/C23H29F2N3O4/c1-12-10-16(8-9-17(12)25)26-21(30)18-13(2)19(28(7)14(18)3)20(29)22(31)27-23(5,6)11-32-15(4)24/h8-10,15H,11H2,1-7H3,(H,26,30)(H,27,31). The maximum absolute atomic E-state index is 13.5. The van der Waals surface area contributed by atoms with Gasteiger partial charge in [-0.15, -0.1) is 0 Å². The predicted molar refractivity (Wildman–Crippen MR) is 117 cm³/mol. The highest BCUT2D eigenvalue weighted by molar-refractivity contribution is 6.43. The van der Waals surface area contributed by atoms with Crippen LogP contribution in [0.2, 0.25) is 0 Å². The lowest BCUT2D eigenvalue weighted by Gasteiger charge is -2.26. The average Bonchev–Trinajstić information content (AvgIpc) is 2.91. The number of alkyl halides is 1. The van der Waals surface area contributed by atoms with Crippen molar-refractivity contribution in [2.75, 3.05) is 11.9 Å². The van der Waals surface area contributed by atoms with Crippen molar-refractivity contribution in [1.29, 1.82) is 0 Å². The van der Waals surface area contributed by atoms with Crippen molar-refractivity contribution in [3.63, 3.8) is 0 Å². The quantitative estimate of drug-likeness (QED) is 0.475. The summed E-state index contributed by atoms with van der Waals surface area (Å²) in [6.45, 7) is 9.13. The number of hydrogen-bond donors (Lipinski definition) is 2. The van der Waals surface area contributed by atoms with Crippen molar-refractivity contribution in [1.82, 2.24) is 9.88 Å². The van der Waals surface area contributed by atoms with E-state index in [1.165, 1.54) is 29.7 Å². The fourth-order valence-corrected chi connectivity index (χ4v) is 3.38. The van der Waals surface area contributed by atoms with Gasteiger partial charge in [0.15, 0.2) is 6.36 Å². The van der Waals surface area contributed by atoms with Gasteiger partial charge in [0.25, 0.3) is 17.6 Å². The molecule has 2 aromatic rings. The zero-order valence-electron chi connectivity index (χ0n) is 19.4. The van der Waals surface area contributed by atoms with Crippen molar-refractivity contribution in [2.24, 2.45) is 7.05 Å². The molecule has 0 bridgehead atoms. The number of benzene rings is 1. The first-order chi connectivity index (χ1) is 14.7. The van der Waals surface area contributed by atoms with E-state index >= 15 is 0 Å². The number of rotatable bonds is 8. The predicted octanol–water partition coefficient (Wildman–Crippen LogP) is 3.75. The molecule has 0 spiro atoms. The second-order valence-corrected chi connectivity index (χ2v) is 8.43. The summed E-state index contributed by atoms with van der Waals surface area (Å²) in [5, 5.41) is 5.24. The Kier molecular flexibility index (Phi) is 7.56. The summed E-state index contributed by atoms with van der Waals surface area (Å²) in [7, 11) is 1.58. The minimum Gasteiger partial charge on any atom is -0.346 e. The van der Waals surface area contributed by atoms with Crippen LogP contribution in [0.4, 0.5) is 14.5 Å². The molecule has 0 saturated heterocycles. The van der Waals surface area contributed by atoms with E-state index in [0.29, 0.717) is 22.5 Å². The zero-order valence-corrected chi connectivity index (χ0v) is 19.4. The Morgan fingerprint density at radius 2 is 1.81 bits per heavy atom. The second-order valence-electron chi connectivity index (χ2n) is 8.43. The molecular formula is C23H29F2N3O4. The molecule has 2 amide bonds. The number of anilines is 1. The van der Waals surface area contributed by atoms with Crippen molar-refractivity contribution in [3.05, 3.63) is 52.1 Å². The molecule has 9 heteroatoms. The molecule has 1 unspecified atom stereocenters. The molecule has 1 atom stereocenters. The van der Waals surface area contributed by atoms with Gasteiger partial charge in [-0.05, 0) is 70.9 Å². The van der Waals surface area contributed by atoms with Gasteiger partial charge in [0.05, 0.1) is 23.4 Å². The van der Waals surface area contributed by atoms with E-state index in [1.54, 1.807) is 41.7 Å². The summed E-state index contributed by atoms with van der Waals surface area (Å²) in [5.74, 6) is -2.59. The molecule has 174 valence electrons. The Balaban J connectivity index is 2.28. The minimum absolute atomic E-state index is 0.0658. The molecule has 1 aromatic heterocycles. The molecule has 7 nitrogen and oxygen atoms in total. The monoisotopic (exact) mass is 449 g/mol. The maximum Gasteiger partial charge on any atom is 0.294 e. The number of nitrogens with one attached hydrogen (secondary N) is 2. The number of ketones is 1. The Hall–Kier alpha value is -3.07. The van der Waals surface area contributed by atoms with Crippen LogP contribution in [-0.4, -0.2) is 40.7 Å². The second kappa shape index (κ2) is 9.60. The van der Waals surface area contributed by atoms with Gasteiger partial charge in [0, 0.05) is 18.4 Å². The van der Waals surface area contributed by atoms with E-state index in [-0.39, 0.29) is 23.7 Å². The zero-order chi connectivity index (χ0) is 24.4. The van der Waals surface area contributed by atoms with Crippen LogP contribution < -0.4 is 10.6 Å². The van der Waals surface area contributed by atoms with Gasteiger partial charge < -0.3 is 19.9 Å². The lowest BCUT2D eigenvalue weighted by molar-refractivity contribution is -0.120. The fourth-order valence-electron chi connectivity index (χ4n) is 3.38. The van der Waals surface area contributed by atoms with Crippen LogP contribution in [0.5, 0.6) is 0 Å². The van der Waals surface area contributed by atoms with E-state index in [2.05, 4.69) is 10.6 Å². The number of aromatic nitrogens is 1. The molecule has 0 saturated carbocycles. The Morgan fingerprint density at radius 1 is 1.19 bits per heavy atom. The number of aryl methyl sites for hydroxylation is 1. The van der Waals surface area contributed by atoms with Gasteiger partial charge in [0.2, 0.25) is 0 Å². The highest BCUT2D eigenvalue weighted by Crippen LogP contribution is 2.24. The number of carbonyl (C=O) groups excluding carboxylic acids is 3. The van der Waals surface area contributed by atoms with Crippen molar-refractivity contribution >= 4 is 23.3 Å². The summed E-state index contributed by atoms with van der Waals surface area (Å²) in [6.07, 6.45) is -1.51. The molecule has 0 fully saturated rings.